The van der Waals surface area contributed by atoms with Crippen LogP contribution in [0.5, 0.6) is 0 Å². The van der Waals surface area contributed by atoms with Gasteiger partial charge in [0.25, 0.3) is 0 Å². The monoisotopic (exact) mass is 572 g/mol. The first-order valence-electron chi connectivity index (χ1n) is 14.5. The molecule has 0 aromatic carbocycles. The average molecular weight is 573 g/mol. The number of allylic oxidation sites excluding steroid dienone is 2. The Hall–Kier alpha value is -2.35. The van der Waals surface area contributed by atoms with Gasteiger partial charge in [-0.25, -0.2) is 14.4 Å². The third kappa shape index (κ3) is 2.76. The normalized spacial score (nSPS) is 60.9. The van der Waals surface area contributed by atoms with Gasteiger partial charge in [-0.1, -0.05) is 19.1 Å². The van der Waals surface area contributed by atoms with E-state index < -0.39 is 70.0 Å². The molecule has 8 fully saturated rings. The smallest absolute Gasteiger partial charge is 0.339 e. The lowest BCUT2D eigenvalue weighted by atomic mass is 9.50. The summed E-state index contributed by atoms with van der Waals surface area (Å²) in [7, 11) is 0. The first-order chi connectivity index (χ1) is 19.6. The van der Waals surface area contributed by atoms with Gasteiger partial charge in [0, 0.05) is 24.3 Å². The van der Waals surface area contributed by atoms with Crippen molar-refractivity contribution in [3.63, 3.8) is 0 Å². The van der Waals surface area contributed by atoms with Gasteiger partial charge >= 0.3 is 17.9 Å². The number of ether oxygens (including phenoxy) is 8. The van der Waals surface area contributed by atoms with Gasteiger partial charge in [-0.2, -0.15) is 0 Å². The summed E-state index contributed by atoms with van der Waals surface area (Å²) in [6.45, 7) is 4.74. The van der Waals surface area contributed by atoms with E-state index in [0.29, 0.717) is 19.4 Å². The van der Waals surface area contributed by atoms with E-state index in [1.54, 1.807) is 0 Å². The zero-order chi connectivity index (χ0) is 28.2. The third-order valence-electron chi connectivity index (χ3n) is 12.1. The Labute approximate surface area is 235 Å². The fourth-order valence-electron chi connectivity index (χ4n) is 9.44. The van der Waals surface area contributed by atoms with E-state index in [2.05, 4.69) is 13.8 Å². The molecule has 3 spiro atoms. The van der Waals surface area contributed by atoms with E-state index in [0.717, 1.165) is 6.42 Å². The molecule has 9 aliphatic rings. The molecule has 12 nitrogen and oxygen atoms in total. The highest BCUT2D eigenvalue weighted by Crippen LogP contribution is 2.75. The molecular weight excluding hydrogens is 540 g/mol. The second kappa shape index (κ2) is 7.40. The summed E-state index contributed by atoms with van der Waals surface area (Å²) in [6, 6.07) is 0. The zero-order valence-electron chi connectivity index (χ0n) is 22.7. The number of hydrogen-bond donors (Lipinski definition) is 1. The fourth-order valence-corrected chi connectivity index (χ4v) is 9.44. The molecule has 9 rings (SSSR count). The summed E-state index contributed by atoms with van der Waals surface area (Å²) in [6.07, 6.45) is 2.77. The maximum absolute atomic E-state index is 13.7. The SMILES string of the molecule is CC12CC[C@@]34COC(=O)C5OC56CCO[C@@]5(/C=C/C=C\C(=O)O[C@@H]7C[C@@H](O[C@@H]3C1O2)[C@@]1(CO1)[C@]74C)[C@@H]6OC(=O)[C@@H]5O. The fraction of sp³-hybridized carbons (Fsp3) is 0.759. The topological polar surface area (TPSA) is 155 Å². The summed E-state index contributed by atoms with van der Waals surface area (Å²) in [5, 5.41) is 10.8. The van der Waals surface area contributed by atoms with Crippen molar-refractivity contribution in [1.82, 2.24) is 0 Å². The highest BCUT2D eigenvalue weighted by Gasteiger charge is 2.87. The number of carbonyl (C=O) groups is 3. The van der Waals surface area contributed by atoms with Crippen LogP contribution in [0, 0.1) is 10.8 Å². The number of fused-ring (bicyclic) bond motifs is 2. The van der Waals surface area contributed by atoms with Crippen LogP contribution in [-0.4, -0.2) is 108 Å². The molecule has 7 heterocycles. The number of epoxide rings is 3. The van der Waals surface area contributed by atoms with Crippen molar-refractivity contribution < 1.29 is 57.4 Å². The minimum Gasteiger partial charge on any atom is -0.463 e. The highest BCUT2D eigenvalue weighted by atomic mass is 16.7. The minimum atomic E-state index is -1.63. The van der Waals surface area contributed by atoms with Gasteiger partial charge in [0.2, 0.25) is 0 Å². The van der Waals surface area contributed by atoms with Crippen molar-refractivity contribution in [1.29, 1.82) is 0 Å². The first-order valence-corrected chi connectivity index (χ1v) is 14.5. The van der Waals surface area contributed by atoms with Gasteiger partial charge in [0.1, 0.15) is 30.0 Å². The largest absolute Gasteiger partial charge is 0.463 e. The van der Waals surface area contributed by atoms with E-state index in [-0.39, 0.29) is 43.5 Å². The van der Waals surface area contributed by atoms with Crippen LogP contribution in [0.25, 0.3) is 0 Å². The molecule has 2 saturated carbocycles. The van der Waals surface area contributed by atoms with Crippen LogP contribution < -0.4 is 0 Å². The Balaban J connectivity index is 1.14. The second-order valence-electron chi connectivity index (χ2n) is 13.5. The van der Waals surface area contributed by atoms with Crippen LogP contribution in [0.15, 0.2) is 24.3 Å². The van der Waals surface area contributed by atoms with Gasteiger partial charge < -0.3 is 43.0 Å². The quantitative estimate of drug-likeness (QED) is 0.237. The van der Waals surface area contributed by atoms with Crippen LogP contribution >= 0.6 is 0 Å². The molecule has 7 aliphatic heterocycles. The lowest BCUT2D eigenvalue weighted by Gasteiger charge is -2.58. The van der Waals surface area contributed by atoms with Gasteiger partial charge in [-0.15, -0.1) is 0 Å². The summed E-state index contributed by atoms with van der Waals surface area (Å²) in [4.78, 5) is 39.4. The number of aliphatic hydroxyl groups is 1. The van der Waals surface area contributed by atoms with Crippen LogP contribution in [0.4, 0.5) is 0 Å². The summed E-state index contributed by atoms with van der Waals surface area (Å²) in [5.41, 5.74) is -5.19. The van der Waals surface area contributed by atoms with E-state index >= 15 is 0 Å². The van der Waals surface area contributed by atoms with Gasteiger partial charge in [-0.05, 0) is 25.8 Å². The van der Waals surface area contributed by atoms with Crippen LogP contribution in [-0.2, 0) is 52.3 Å². The average Bonchev–Trinajstić information content (AvgIpc) is 3.86. The Bertz CT molecular complexity index is 1340. The lowest BCUT2D eigenvalue weighted by molar-refractivity contribution is -0.251. The molecule has 1 N–H and O–H groups in total. The molecule has 13 atom stereocenters. The highest BCUT2D eigenvalue weighted by molar-refractivity contribution is 5.84. The summed E-state index contributed by atoms with van der Waals surface area (Å²) >= 11 is 0. The Morgan fingerprint density at radius 2 is 1.73 bits per heavy atom. The van der Waals surface area contributed by atoms with E-state index in [4.69, 9.17) is 37.9 Å². The van der Waals surface area contributed by atoms with Crippen LogP contribution in [0.3, 0.4) is 0 Å². The molecule has 41 heavy (non-hydrogen) atoms. The predicted molar refractivity (Wildman–Crippen MR) is 131 cm³/mol. The van der Waals surface area contributed by atoms with Crippen LogP contribution in [0.2, 0.25) is 0 Å². The molecule has 0 aromatic rings. The number of esters is 3. The molecule has 12 heteroatoms. The van der Waals surface area contributed by atoms with Gasteiger partial charge in [-0.3, -0.25) is 0 Å². The van der Waals surface area contributed by atoms with E-state index in [9.17, 15) is 19.5 Å². The molecule has 0 amide bonds. The minimum absolute atomic E-state index is 0.00474. The number of rotatable bonds is 0. The van der Waals surface area contributed by atoms with E-state index in [1.807, 2.05) is 0 Å². The lowest BCUT2D eigenvalue weighted by Crippen LogP contribution is -2.69. The van der Waals surface area contributed by atoms with Gasteiger partial charge in [0.05, 0.1) is 36.4 Å². The molecule has 220 valence electrons. The van der Waals surface area contributed by atoms with Crippen molar-refractivity contribution in [2.45, 2.75) is 105 Å². The van der Waals surface area contributed by atoms with Crippen LogP contribution in [0.1, 0.15) is 39.5 Å². The zero-order valence-corrected chi connectivity index (χ0v) is 22.7. The van der Waals surface area contributed by atoms with Gasteiger partial charge in [0.15, 0.2) is 23.9 Å². The van der Waals surface area contributed by atoms with Crippen molar-refractivity contribution in [2.75, 3.05) is 19.8 Å². The predicted octanol–water partition coefficient (Wildman–Crippen LogP) is 0.0345. The Kier molecular flexibility index (Phi) is 4.55. The molecule has 4 bridgehead atoms. The van der Waals surface area contributed by atoms with Crippen molar-refractivity contribution in [3.8, 4) is 0 Å². The number of aliphatic hydroxyl groups excluding tert-OH is 1. The summed E-state index contributed by atoms with van der Waals surface area (Å²) in [5.74, 6) is -2.01. The molecule has 2 aliphatic carbocycles. The molecule has 4 unspecified atom stereocenters. The number of hydrogen-bond acceptors (Lipinski definition) is 12. The Morgan fingerprint density at radius 1 is 0.902 bits per heavy atom. The Morgan fingerprint density at radius 3 is 2.54 bits per heavy atom. The number of carbonyl (C=O) groups excluding carboxylic acids is 3. The first kappa shape index (κ1) is 25.2. The maximum Gasteiger partial charge on any atom is 0.339 e. The molecular formula is C29H32O12. The van der Waals surface area contributed by atoms with Crippen molar-refractivity contribution in [2.24, 2.45) is 10.8 Å². The molecule has 0 aromatic heterocycles. The standard InChI is InChI=1S/C29H32O12/c1-24-7-8-26-12-34-22(33)20-28(41-20)9-10-35-27(17(31)21(32)39-23(27)28)6-4-3-5-16(30)37-14-11-15(38-19(26)18(24)40-24)29(13-36-29)25(14,26)2/h3-6,14-15,17-20,23,31H,7-13H2,1-2H3/b5-3-,6-4+/t14-,15-,17+,18?,19-,20?,23+,24?,25-,26-,27-,28?,29+/m1/s1. The van der Waals surface area contributed by atoms with Crippen molar-refractivity contribution in [3.05, 3.63) is 24.3 Å². The maximum atomic E-state index is 13.7. The third-order valence-corrected chi connectivity index (χ3v) is 12.1. The van der Waals surface area contributed by atoms with Crippen molar-refractivity contribution >= 4 is 17.9 Å². The second-order valence-corrected chi connectivity index (χ2v) is 13.5. The molecule has 6 saturated heterocycles. The van der Waals surface area contributed by atoms with E-state index in [1.165, 1.54) is 24.3 Å². The number of cyclic esters (lactones) is 1. The summed E-state index contributed by atoms with van der Waals surface area (Å²) < 4.78 is 48.8. The molecule has 0 radical (unpaired) electrons.